The van der Waals surface area contributed by atoms with Crippen LogP contribution < -0.4 is 5.32 Å². The van der Waals surface area contributed by atoms with Gasteiger partial charge in [-0.1, -0.05) is 13.8 Å². The average Bonchev–Trinajstić information content (AvgIpc) is 3.08. The zero-order valence-corrected chi connectivity index (χ0v) is 12.5. The van der Waals surface area contributed by atoms with Crippen LogP contribution in [-0.2, 0) is 0 Å². The van der Waals surface area contributed by atoms with Crippen LogP contribution in [0.4, 0.5) is 0 Å². The van der Waals surface area contributed by atoms with Crippen molar-refractivity contribution >= 4 is 0 Å². The minimum Gasteiger partial charge on any atom is -0.316 e. The summed E-state index contributed by atoms with van der Waals surface area (Å²) >= 11 is 0. The predicted octanol–water partition coefficient (Wildman–Crippen LogP) is 3.13. The molecule has 0 aromatic heterocycles. The highest BCUT2D eigenvalue weighted by Gasteiger charge is 2.29. The molecular weight excluding hydrogens is 208 g/mol. The summed E-state index contributed by atoms with van der Waals surface area (Å²) in [6, 6.07) is 1.37. The summed E-state index contributed by atoms with van der Waals surface area (Å²) in [6.07, 6.45) is 4.15. The van der Waals surface area contributed by atoms with Gasteiger partial charge in [-0.05, 0) is 65.0 Å². The molecule has 1 saturated carbocycles. The molecule has 2 nitrogen and oxygen atoms in total. The average molecular weight is 240 g/mol. The third-order valence-electron chi connectivity index (χ3n) is 4.07. The molecule has 1 aliphatic carbocycles. The molecule has 0 radical (unpaired) electrons. The zero-order chi connectivity index (χ0) is 12.8. The van der Waals surface area contributed by atoms with Crippen molar-refractivity contribution in [2.24, 2.45) is 11.8 Å². The summed E-state index contributed by atoms with van der Waals surface area (Å²) in [4.78, 5) is 2.70. The summed E-state index contributed by atoms with van der Waals surface area (Å²) in [5.74, 6) is 1.73. The Morgan fingerprint density at radius 1 is 1.18 bits per heavy atom. The van der Waals surface area contributed by atoms with Crippen molar-refractivity contribution in [3.05, 3.63) is 0 Å². The Bertz CT molecular complexity index is 199. The molecule has 0 aromatic rings. The molecule has 1 aliphatic rings. The van der Waals surface area contributed by atoms with Crippen LogP contribution in [0, 0.1) is 11.8 Å². The third-order valence-corrected chi connectivity index (χ3v) is 4.07. The molecule has 0 aromatic carbocycles. The van der Waals surface area contributed by atoms with Crippen LogP contribution in [0.25, 0.3) is 0 Å². The van der Waals surface area contributed by atoms with Gasteiger partial charge in [0.2, 0.25) is 0 Å². The van der Waals surface area contributed by atoms with Crippen LogP contribution in [0.2, 0.25) is 0 Å². The van der Waals surface area contributed by atoms with E-state index in [-0.39, 0.29) is 0 Å². The van der Waals surface area contributed by atoms with Gasteiger partial charge in [-0.25, -0.2) is 0 Å². The van der Waals surface area contributed by atoms with Crippen LogP contribution >= 0.6 is 0 Å². The minimum absolute atomic E-state index is 0.680. The number of nitrogens with zero attached hydrogens (tertiary/aromatic N) is 1. The zero-order valence-electron chi connectivity index (χ0n) is 12.5. The first-order chi connectivity index (χ1) is 8.06. The highest BCUT2D eigenvalue weighted by atomic mass is 15.2. The number of nitrogens with one attached hydrogen (secondary N) is 1. The number of hydrogen-bond donors (Lipinski definition) is 1. The van der Waals surface area contributed by atoms with Gasteiger partial charge in [0.05, 0.1) is 0 Å². The van der Waals surface area contributed by atoms with Crippen molar-refractivity contribution in [2.75, 3.05) is 19.6 Å². The van der Waals surface area contributed by atoms with Crippen molar-refractivity contribution in [3.8, 4) is 0 Å². The Hall–Kier alpha value is -0.0800. The molecule has 0 saturated heterocycles. The monoisotopic (exact) mass is 240 g/mol. The Morgan fingerprint density at radius 2 is 1.82 bits per heavy atom. The van der Waals surface area contributed by atoms with E-state index in [2.05, 4.69) is 44.8 Å². The van der Waals surface area contributed by atoms with Gasteiger partial charge >= 0.3 is 0 Å². The predicted molar refractivity (Wildman–Crippen MR) is 76.4 cm³/mol. The van der Waals surface area contributed by atoms with Crippen molar-refractivity contribution in [3.63, 3.8) is 0 Å². The van der Waals surface area contributed by atoms with Crippen LogP contribution in [-0.4, -0.2) is 36.6 Å². The van der Waals surface area contributed by atoms with E-state index in [4.69, 9.17) is 0 Å². The van der Waals surface area contributed by atoms with Crippen LogP contribution in [0.15, 0.2) is 0 Å². The fraction of sp³-hybridized carbons (Fsp3) is 1.00. The summed E-state index contributed by atoms with van der Waals surface area (Å²) in [5.41, 5.74) is 0. The van der Waals surface area contributed by atoms with Gasteiger partial charge < -0.3 is 5.32 Å². The van der Waals surface area contributed by atoms with E-state index in [1.54, 1.807) is 0 Å². The van der Waals surface area contributed by atoms with Crippen LogP contribution in [0.3, 0.4) is 0 Å². The molecule has 0 bridgehead atoms. The second-order valence-electron chi connectivity index (χ2n) is 6.16. The molecule has 2 unspecified atom stereocenters. The molecule has 1 fully saturated rings. The van der Waals surface area contributed by atoms with Gasteiger partial charge in [0.25, 0.3) is 0 Å². The van der Waals surface area contributed by atoms with E-state index in [9.17, 15) is 0 Å². The first-order valence-electron chi connectivity index (χ1n) is 7.52. The molecular formula is C15H32N2. The largest absolute Gasteiger partial charge is 0.316 e. The molecule has 2 heteroatoms. The third kappa shape index (κ3) is 5.39. The molecule has 0 spiro atoms. The lowest BCUT2D eigenvalue weighted by molar-refractivity contribution is 0.117. The maximum atomic E-state index is 3.55. The molecule has 2 atom stereocenters. The second-order valence-corrected chi connectivity index (χ2v) is 6.16. The quantitative estimate of drug-likeness (QED) is 0.623. The highest BCUT2D eigenvalue weighted by Crippen LogP contribution is 2.31. The maximum Gasteiger partial charge on any atom is 0.0107 e. The topological polar surface area (TPSA) is 15.3 Å². The van der Waals surface area contributed by atoms with E-state index >= 15 is 0 Å². The minimum atomic E-state index is 0.680. The maximum absolute atomic E-state index is 3.55. The number of rotatable bonds is 9. The van der Waals surface area contributed by atoms with E-state index < -0.39 is 0 Å². The van der Waals surface area contributed by atoms with E-state index in [1.165, 1.54) is 25.8 Å². The van der Waals surface area contributed by atoms with Gasteiger partial charge in [0.15, 0.2) is 0 Å². The molecule has 1 N–H and O–H groups in total. The van der Waals surface area contributed by atoms with Gasteiger partial charge in [0.1, 0.15) is 0 Å². The normalized spacial score (nSPS) is 19.9. The Balaban J connectivity index is 2.35. The summed E-state index contributed by atoms with van der Waals surface area (Å²) in [7, 11) is 0. The highest BCUT2D eigenvalue weighted by molar-refractivity contribution is 4.83. The number of hydrogen-bond acceptors (Lipinski definition) is 2. The van der Waals surface area contributed by atoms with Gasteiger partial charge in [-0.3, -0.25) is 4.90 Å². The van der Waals surface area contributed by atoms with Crippen molar-refractivity contribution in [2.45, 2.75) is 66.0 Å². The van der Waals surface area contributed by atoms with E-state index in [1.807, 2.05) is 0 Å². The van der Waals surface area contributed by atoms with E-state index in [0.717, 1.165) is 24.9 Å². The Kier molecular flexibility index (Phi) is 6.50. The van der Waals surface area contributed by atoms with Gasteiger partial charge in [-0.2, -0.15) is 0 Å². The van der Waals surface area contributed by atoms with Crippen LogP contribution in [0.1, 0.15) is 53.9 Å². The standard InChI is InChI=1S/C15H32N2/c1-6-9-16-10-13(4)14(5)17(12(2)3)11-15-7-8-15/h12-16H,6-11H2,1-5H3. The summed E-state index contributed by atoms with van der Waals surface area (Å²) in [6.45, 7) is 15.3. The fourth-order valence-corrected chi connectivity index (χ4v) is 2.45. The fourth-order valence-electron chi connectivity index (χ4n) is 2.45. The molecule has 0 amide bonds. The van der Waals surface area contributed by atoms with E-state index in [0.29, 0.717) is 12.1 Å². The Labute approximate surface area is 108 Å². The lowest BCUT2D eigenvalue weighted by Crippen LogP contribution is -2.45. The Morgan fingerprint density at radius 3 is 2.29 bits per heavy atom. The molecule has 0 aliphatic heterocycles. The SMILES string of the molecule is CCCNCC(C)C(C)N(CC1CC1)C(C)C. The molecule has 17 heavy (non-hydrogen) atoms. The first-order valence-corrected chi connectivity index (χ1v) is 7.52. The molecule has 0 heterocycles. The first kappa shape index (κ1) is 15.0. The lowest BCUT2D eigenvalue weighted by Gasteiger charge is -2.36. The lowest BCUT2D eigenvalue weighted by atomic mass is 10.00. The van der Waals surface area contributed by atoms with Crippen molar-refractivity contribution in [1.82, 2.24) is 10.2 Å². The molecule has 102 valence electrons. The van der Waals surface area contributed by atoms with Crippen LogP contribution in [0.5, 0.6) is 0 Å². The summed E-state index contributed by atoms with van der Waals surface area (Å²) in [5, 5.41) is 3.55. The summed E-state index contributed by atoms with van der Waals surface area (Å²) < 4.78 is 0. The second kappa shape index (κ2) is 7.38. The van der Waals surface area contributed by atoms with Gasteiger partial charge in [-0.15, -0.1) is 0 Å². The van der Waals surface area contributed by atoms with Crippen molar-refractivity contribution in [1.29, 1.82) is 0 Å². The molecule has 1 rings (SSSR count). The van der Waals surface area contributed by atoms with Gasteiger partial charge in [0, 0.05) is 18.6 Å². The smallest absolute Gasteiger partial charge is 0.0107 e. The van der Waals surface area contributed by atoms with Crippen molar-refractivity contribution < 1.29 is 0 Å².